The first-order valence-electron chi connectivity index (χ1n) is 8.19. The summed E-state index contributed by atoms with van der Waals surface area (Å²) in [4.78, 5) is 16.2. The van der Waals surface area contributed by atoms with Gasteiger partial charge in [-0.25, -0.2) is 8.42 Å². The molecule has 0 N–H and O–H groups in total. The highest BCUT2D eigenvalue weighted by Gasteiger charge is 2.29. The molecule has 6 heteroatoms. The Hall–Kier alpha value is -1.40. The molecule has 0 aliphatic carbocycles. The number of hydrogen-bond donors (Lipinski definition) is 0. The quantitative estimate of drug-likeness (QED) is 0.829. The average molecular weight is 336 g/mol. The first-order valence-corrected chi connectivity index (χ1v) is 10.2. The van der Waals surface area contributed by atoms with Crippen LogP contribution in [0.2, 0.25) is 0 Å². The van der Waals surface area contributed by atoms with E-state index >= 15 is 0 Å². The van der Waals surface area contributed by atoms with E-state index in [1.807, 2.05) is 0 Å². The van der Waals surface area contributed by atoms with Gasteiger partial charge in [0, 0.05) is 38.5 Å². The van der Waals surface area contributed by atoms with Gasteiger partial charge in [0.05, 0.1) is 0 Å². The number of carbonyl (C=O) groups is 1. The van der Waals surface area contributed by atoms with E-state index in [1.165, 1.54) is 11.1 Å². The van der Waals surface area contributed by atoms with Gasteiger partial charge < -0.3 is 4.90 Å². The van der Waals surface area contributed by atoms with Crippen LogP contribution in [0.3, 0.4) is 0 Å². The van der Waals surface area contributed by atoms with E-state index in [-0.39, 0.29) is 11.7 Å². The van der Waals surface area contributed by atoms with Gasteiger partial charge in [-0.2, -0.15) is 0 Å². The molecular weight excluding hydrogens is 312 g/mol. The molecule has 2 aliphatic heterocycles. The number of piperidine rings is 1. The predicted molar refractivity (Wildman–Crippen MR) is 89.9 cm³/mol. The minimum Gasteiger partial charge on any atom is -0.342 e. The monoisotopic (exact) mass is 336 g/mol. The molecule has 1 saturated heterocycles. The second-order valence-corrected chi connectivity index (χ2v) is 8.81. The van der Waals surface area contributed by atoms with Crippen LogP contribution in [-0.2, 0) is 27.6 Å². The molecule has 1 aromatic rings. The molecule has 0 bridgehead atoms. The fourth-order valence-corrected chi connectivity index (χ4v) is 4.26. The van der Waals surface area contributed by atoms with E-state index in [9.17, 15) is 13.2 Å². The van der Waals surface area contributed by atoms with Gasteiger partial charge in [0.25, 0.3) is 0 Å². The first kappa shape index (κ1) is 16.5. The number of amides is 1. The van der Waals surface area contributed by atoms with E-state index < -0.39 is 9.84 Å². The summed E-state index contributed by atoms with van der Waals surface area (Å²) in [5, 5.41) is 0. The minimum atomic E-state index is -3.24. The Bertz CT molecular complexity index is 679. The van der Waals surface area contributed by atoms with Crippen molar-refractivity contribution in [3.05, 3.63) is 35.4 Å². The highest BCUT2D eigenvalue weighted by atomic mass is 32.2. The van der Waals surface area contributed by atoms with Gasteiger partial charge in [-0.15, -0.1) is 0 Å². The van der Waals surface area contributed by atoms with Gasteiger partial charge in [0.1, 0.15) is 5.75 Å². The summed E-state index contributed by atoms with van der Waals surface area (Å²) in [6, 6.07) is 9.09. The molecule has 0 saturated carbocycles. The van der Waals surface area contributed by atoms with Crippen LogP contribution < -0.4 is 0 Å². The summed E-state index contributed by atoms with van der Waals surface area (Å²) in [5.41, 5.74) is 2.86. The zero-order chi connectivity index (χ0) is 16.4. The number of rotatable bonds is 3. The summed E-state index contributed by atoms with van der Waals surface area (Å²) in [6.07, 6.45) is 4.06. The topological polar surface area (TPSA) is 57.7 Å². The normalized spacial score (nSPS) is 20.3. The van der Waals surface area contributed by atoms with Gasteiger partial charge in [0.15, 0.2) is 9.84 Å². The third kappa shape index (κ3) is 4.12. The van der Waals surface area contributed by atoms with E-state index in [2.05, 4.69) is 29.2 Å². The lowest BCUT2D eigenvalue weighted by Gasteiger charge is -2.40. The summed E-state index contributed by atoms with van der Waals surface area (Å²) in [6.45, 7) is 3.38. The Morgan fingerprint density at radius 1 is 1.13 bits per heavy atom. The van der Waals surface area contributed by atoms with Crippen molar-refractivity contribution in [3.63, 3.8) is 0 Å². The molecule has 0 spiro atoms. The highest BCUT2D eigenvalue weighted by molar-refractivity contribution is 7.91. The lowest BCUT2D eigenvalue weighted by atomic mass is 9.95. The van der Waals surface area contributed by atoms with Crippen molar-refractivity contribution in [2.45, 2.75) is 31.8 Å². The third-order valence-corrected chi connectivity index (χ3v) is 5.65. The zero-order valence-corrected chi connectivity index (χ0v) is 14.4. The standard InChI is InChI=1S/C17H24N2O3S/c1-23(21,22)13-17(20)18-10-7-16(8-11-18)19-9-6-14-4-2-3-5-15(14)12-19/h2-5,16H,6-13H2,1H3. The lowest BCUT2D eigenvalue weighted by Crippen LogP contribution is -2.49. The SMILES string of the molecule is CS(=O)(=O)CC(=O)N1CCC(N2CCc3ccccc3C2)CC1. The van der Waals surface area contributed by atoms with Gasteiger partial charge in [0.2, 0.25) is 5.91 Å². The Labute approximate surface area is 138 Å². The second-order valence-electron chi connectivity index (χ2n) is 6.67. The number of benzene rings is 1. The van der Waals surface area contributed by atoms with E-state index in [0.717, 1.165) is 38.6 Å². The van der Waals surface area contributed by atoms with Crippen LogP contribution in [0.5, 0.6) is 0 Å². The van der Waals surface area contributed by atoms with Crippen molar-refractivity contribution in [2.24, 2.45) is 0 Å². The maximum Gasteiger partial charge on any atom is 0.237 e. The van der Waals surface area contributed by atoms with Crippen LogP contribution in [0.4, 0.5) is 0 Å². The molecule has 0 unspecified atom stereocenters. The van der Waals surface area contributed by atoms with E-state index in [1.54, 1.807) is 4.90 Å². The van der Waals surface area contributed by atoms with Crippen LogP contribution >= 0.6 is 0 Å². The van der Waals surface area contributed by atoms with Crippen molar-refractivity contribution in [1.29, 1.82) is 0 Å². The van der Waals surface area contributed by atoms with Crippen molar-refractivity contribution in [2.75, 3.05) is 31.6 Å². The van der Waals surface area contributed by atoms with E-state index in [4.69, 9.17) is 0 Å². The van der Waals surface area contributed by atoms with Gasteiger partial charge in [-0.05, 0) is 30.4 Å². The maximum absolute atomic E-state index is 12.0. The van der Waals surface area contributed by atoms with Crippen LogP contribution in [0.25, 0.3) is 0 Å². The number of carbonyl (C=O) groups excluding carboxylic acids is 1. The van der Waals surface area contributed by atoms with Gasteiger partial charge in [-0.3, -0.25) is 9.69 Å². The fraction of sp³-hybridized carbons (Fsp3) is 0.588. The molecule has 23 heavy (non-hydrogen) atoms. The molecule has 3 rings (SSSR count). The van der Waals surface area contributed by atoms with E-state index in [0.29, 0.717) is 19.1 Å². The summed E-state index contributed by atoms with van der Waals surface area (Å²) < 4.78 is 22.5. The number of fused-ring (bicyclic) bond motifs is 1. The fourth-order valence-electron chi connectivity index (χ4n) is 3.63. The smallest absolute Gasteiger partial charge is 0.237 e. The Kier molecular flexibility index (Phi) is 4.73. The molecule has 1 amide bonds. The minimum absolute atomic E-state index is 0.255. The van der Waals surface area contributed by atoms with Crippen molar-refractivity contribution >= 4 is 15.7 Å². The third-order valence-electron chi connectivity index (χ3n) is 4.88. The summed E-state index contributed by atoms with van der Waals surface area (Å²) in [7, 11) is -3.24. The predicted octanol–water partition coefficient (Wildman–Crippen LogP) is 1.08. The van der Waals surface area contributed by atoms with Crippen molar-refractivity contribution in [1.82, 2.24) is 9.80 Å². The molecule has 0 atom stereocenters. The maximum atomic E-state index is 12.0. The Balaban J connectivity index is 1.55. The van der Waals surface area contributed by atoms with Gasteiger partial charge >= 0.3 is 0 Å². The van der Waals surface area contributed by atoms with Crippen LogP contribution in [0.15, 0.2) is 24.3 Å². The molecule has 1 fully saturated rings. The molecule has 2 heterocycles. The number of likely N-dealkylation sites (tertiary alicyclic amines) is 1. The van der Waals surface area contributed by atoms with Gasteiger partial charge in [-0.1, -0.05) is 24.3 Å². The number of nitrogens with zero attached hydrogens (tertiary/aromatic N) is 2. The summed E-state index contributed by atoms with van der Waals surface area (Å²) >= 11 is 0. The average Bonchev–Trinajstić information content (AvgIpc) is 2.53. The number of hydrogen-bond acceptors (Lipinski definition) is 4. The zero-order valence-electron chi connectivity index (χ0n) is 13.6. The number of sulfone groups is 1. The first-order chi connectivity index (χ1) is 10.9. The molecule has 0 aromatic heterocycles. The lowest BCUT2D eigenvalue weighted by molar-refractivity contribution is -0.130. The second kappa shape index (κ2) is 6.61. The molecule has 126 valence electrons. The molecule has 5 nitrogen and oxygen atoms in total. The van der Waals surface area contributed by atoms with Crippen molar-refractivity contribution in [3.8, 4) is 0 Å². The van der Waals surface area contributed by atoms with Crippen LogP contribution in [0, 0.1) is 0 Å². The molecule has 0 radical (unpaired) electrons. The molecule has 2 aliphatic rings. The Morgan fingerprint density at radius 2 is 1.78 bits per heavy atom. The van der Waals surface area contributed by atoms with Crippen molar-refractivity contribution < 1.29 is 13.2 Å². The van der Waals surface area contributed by atoms with Crippen LogP contribution in [-0.4, -0.2) is 61.8 Å². The summed E-state index contributed by atoms with van der Waals surface area (Å²) in [5.74, 6) is -0.621. The Morgan fingerprint density at radius 3 is 2.43 bits per heavy atom. The highest BCUT2D eigenvalue weighted by Crippen LogP contribution is 2.24. The molecular formula is C17H24N2O3S. The largest absolute Gasteiger partial charge is 0.342 e. The molecule has 1 aromatic carbocycles. The van der Waals surface area contributed by atoms with Crippen LogP contribution in [0.1, 0.15) is 24.0 Å².